The molecule has 0 saturated carbocycles. The minimum atomic E-state index is -0.463. The number of anilines is 2. The number of amides is 2. The molecule has 1 aliphatic rings. The molecule has 1 atom stereocenters. The van der Waals surface area contributed by atoms with E-state index in [1.165, 1.54) is 6.26 Å². The Balaban J connectivity index is 1.66. The summed E-state index contributed by atoms with van der Waals surface area (Å²) in [6.45, 7) is 6.68. The van der Waals surface area contributed by atoms with E-state index in [4.69, 9.17) is 4.42 Å². The van der Waals surface area contributed by atoms with Crippen molar-refractivity contribution < 1.29 is 14.0 Å². The van der Waals surface area contributed by atoms with Gasteiger partial charge in [-0.1, -0.05) is 0 Å². The molecular weight excluding hydrogens is 330 g/mol. The number of carbonyl (C=O) groups is 2. The Morgan fingerprint density at radius 1 is 1.19 bits per heavy atom. The second-order valence-electron chi connectivity index (χ2n) is 6.34. The van der Waals surface area contributed by atoms with Crippen molar-refractivity contribution in [2.45, 2.75) is 32.7 Å². The van der Waals surface area contributed by atoms with E-state index in [0.717, 1.165) is 30.9 Å². The molecule has 0 bridgehead atoms. The third-order valence-electron chi connectivity index (χ3n) is 4.81. The van der Waals surface area contributed by atoms with Crippen LogP contribution >= 0.6 is 0 Å². The predicted octanol–water partition coefficient (Wildman–Crippen LogP) is 3.37. The molecular formula is C20H25N3O3. The molecule has 26 heavy (non-hydrogen) atoms. The number of benzene rings is 1. The largest absolute Gasteiger partial charge is 0.459 e. The van der Waals surface area contributed by atoms with E-state index in [9.17, 15) is 9.59 Å². The molecule has 1 N–H and O–H groups in total. The van der Waals surface area contributed by atoms with Gasteiger partial charge in [-0.05, 0) is 63.1 Å². The SMILES string of the molecule is CCN(CC)c1ccc(NC(=O)C2CCCN2C(=O)c2ccco2)cc1. The zero-order valence-electron chi connectivity index (χ0n) is 15.3. The third kappa shape index (κ3) is 3.74. The summed E-state index contributed by atoms with van der Waals surface area (Å²) >= 11 is 0. The number of hydrogen-bond donors (Lipinski definition) is 1. The van der Waals surface area contributed by atoms with Gasteiger partial charge in [0.2, 0.25) is 5.91 Å². The molecule has 0 radical (unpaired) electrons. The van der Waals surface area contributed by atoms with Gasteiger partial charge >= 0.3 is 0 Å². The van der Waals surface area contributed by atoms with Gasteiger partial charge in [-0.25, -0.2) is 0 Å². The van der Waals surface area contributed by atoms with Crippen LogP contribution in [-0.2, 0) is 4.79 Å². The van der Waals surface area contributed by atoms with E-state index in [1.807, 2.05) is 24.3 Å². The maximum absolute atomic E-state index is 12.7. The Kier molecular flexibility index (Phi) is 5.61. The summed E-state index contributed by atoms with van der Waals surface area (Å²) in [5.74, 6) is -0.115. The highest BCUT2D eigenvalue weighted by Crippen LogP contribution is 2.23. The van der Waals surface area contributed by atoms with Gasteiger partial charge in [0.1, 0.15) is 6.04 Å². The number of furan rings is 1. The van der Waals surface area contributed by atoms with Crippen molar-refractivity contribution in [3.05, 3.63) is 48.4 Å². The maximum Gasteiger partial charge on any atom is 0.290 e. The van der Waals surface area contributed by atoms with Gasteiger partial charge in [-0.2, -0.15) is 0 Å². The summed E-state index contributed by atoms with van der Waals surface area (Å²) in [7, 11) is 0. The van der Waals surface area contributed by atoms with E-state index in [-0.39, 0.29) is 17.6 Å². The Hall–Kier alpha value is -2.76. The lowest BCUT2D eigenvalue weighted by molar-refractivity contribution is -0.119. The normalized spacial score (nSPS) is 16.5. The lowest BCUT2D eigenvalue weighted by Gasteiger charge is -2.23. The van der Waals surface area contributed by atoms with Gasteiger partial charge in [0.15, 0.2) is 5.76 Å². The van der Waals surface area contributed by atoms with Gasteiger partial charge in [0.25, 0.3) is 5.91 Å². The van der Waals surface area contributed by atoms with Gasteiger partial charge in [0.05, 0.1) is 6.26 Å². The van der Waals surface area contributed by atoms with Crippen LogP contribution in [0.15, 0.2) is 47.1 Å². The summed E-state index contributed by atoms with van der Waals surface area (Å²) in [5.41, 5.74) is 1.87. The third-order valence-corrected chi connectivity index (χ3v) is 4.81. The van der Waals surface area contributed by atoms with Crippen LogP contribution in [-0.4, -0.2) is 42.4 Å². The fourth-order valence-electron chi connectivity index (χ4n) is 3.39. The lowest BCUT2D eigenvalue weighted by atomic mass is 10.2. The number of nitrogens with one attached hydrogen (secondary N) is 1. The first-order valence-electron chi connectivity index (χ1n) is 9.14. The second-order valence-corrected chi connectivity index (χ2v) is 6.34. The summed E-state index contributed by atoms with van der Waals surface area (Å²) in [6.07, 6.45) is 2.94. The van der Waals surface area contributed by atoms with E-state index < -0.39 is 6.04 Å². The van der Waals surface area contributed by atoms with Crippen LogP contribution in [0.4, 0.5) is 11.4 Å². The molecule has 6 nitrogen and oxygen atoms in total. The van der Waals surface area contributed by atoms with Crippen LogP contribution in [0, 0.1) is 0 Å². The predicted molar refractivity (Wildman–Crippen MR) is 101 cm³/mol. The van der Waals surface area contributed by atoms with Crippen molar-refractivity contribution in [1.82, 2.24) is 4.90 Å². The number of carbonyl (C=O) groups excluding carboxylic acids is 2. The van der Waals surface area contributed by atoms with Crippen LogP contribution in [0.5, 0.6) is 0 Å². The van der Waals surface area contributed by atoms with Crippen LogP contribution in [0.25, 0.3) is 0 Å². The van der Waals surface area contributed by atoms with Crippen molar-refractivity contribution in [3.63, 3.8) is 0 Å². The average Bonchev–Trinajstić information content (AvgIpc) is 3.35. The van der Waals surface area contributed by atoms with Gasteiger partial charge in [-0.15, -0.1) is 0 Å². The van der Waals surface area contributed by atoms with Crippen molar-refractivity contribution in [3.8, 4) is 0 Å². The molecule has 1 saturated heterocycles. The topological polar surface area (TPSA) is 65.8 Å². The lowest BCUT2D eigenvalue weighted by Crippen LogP contribution is -2.43. The molecule has 1 aromatic heterocycles. The molecule has 0 spiro atoms. The summed E-state index contributed by atoms with van der Waals surface area (Å²) < 4.78 is 5.18. The summed E-state index contributed by atoms with van der Waals surface area (Å²) in [6, 6.07) is 10.7. The zero-order chi connectivity index (χ0) is 18.5. The zero-order valence-corrected chi connectivity index (χ0v) is 15.3. The van der Waals surface area contributed by atoms with Crippen LogP contribution < -0.4 is 10.2 Å². The first-order valence-corrected chi connectivity index (χ1v) is 9.14. The van der Waals surface area contributed by atoms with Crippen molar-refractivity contribution in [2.24, 2.45) is 0 Å². The number of nitrogens with zero attached hydrogens (tertiary/aromatic N) is 2. The molecule has 2 aromatic rings. The van der Waals surface area contributed by atoms with E-state index in [1.54, 1.807) is 17.0 Å². The molecule has 1 aromatic carbocycles. The van der Waals surface area contributed by atoms with Crippen molar-refractivity contribution >= 4 is 23.2 Å². The smallest absolute Gasteiger partial charge is 0.290 e. The van der Waals surface area contributed by atoms with Crippen molar-refractivity contribution in [2.75, 3.05) is 29.9 Å². The fraction of sp³-hybridized carbons (Fsp3) is 0.400. The fourth-order valence-corrected chi connectivity index (χ4v) is 3.39. The highest BCUT2D eigenvalue weighted by atomic mass is 16.3. The standard InChI is InChI=1S/C20H25N3O3/c1-3-22(4-2)16-11-9-15(10-12-16)21-19(24)17-7-5-13-23(17)20(25)18-8-6-14-26-18/h6,8-12,14,17H,3-5,7,13H2,1-2H3,(H,21,24). The molecule has 1 fully saturated rings. The minimum Gasteiger partial charge on any atom is -0.459 e. The minimum absolute atomic E-state index is 0.155. The van der Waals surface area contributed by atoms with Crippen LogP contribution in [0.2, 0.25) is 0 Å². The molecule has 6 heteroatoms. The van der Waals surface area contributed by atoms with Crippen LogP contribution in [0.1, 0.15) is 37.2 Å². The average molecular weight is 355 g/mol. The number of rotatable bonds is 6. The summed E-state index contributed by atoms with van der Waals surface area (Å²) in [5, 5.41) is 2.93. The van der Waals surface area contributed by atoms with E-state index in [2.05, 4.69) is 24.1 Å². The highest BCUT2D eigenvalue weighted by molar-refractivity contribution is 6.00. The van der Waals surface area contributed by atoms with Gasteiger partial charge < -0.3 is 19.5 Å². The molecule has 3 rings (SSSR count). The quantitative estimate of drug-likeness (QED) is 0.863. The highest BCUT2D eigenvalue weighted by Gasteiger charge is 2.35. The van der Waals surface area contributed by atoms with Crippen molar-refractivity contribution in [1.29, 1.82) is 0 Å². The molecule has 0 aliphatic carbocycles. The molecule has 2 heterocycles. The molecule has 1 unspecified atom stereocenters. The number of hydrogen-bond acceptors (Lipinski definition) is 4. The Bertz CT molecular complexity index is 736. The second kappa shape index (κ2) is 8.08. The van der Waals surface area contributed by atoms with E-state index >= 15 is 0 Å². The van der Waals surface area contributed by atoms with E-state index in [0.29, 0.717) is 13.0 Å². The monoisotopic (exact) mass is 355 g/mol. The molecule has 138 valence electrons. The van der Waals surface area contributed by atoms with Gasteiger partial charge in [0, 0.05) is 31.0 Å². The van der Waals surface area contributed by atoms with Gasteiger partial charge in [-0.3, -0.25) is 9.59 Å². The Labute approximate surface area is 153 Å². The first-order chi connectivity index (χ1) is 12.6. The molecule has 1 aliphatic heterocycles. The maximum atomic E-state index is 12.7. The Morgan fingerprint density at radius 3 is 2.54 bits per heavy atom. The molecule has 2 amide bonds. The number of likely N-dealkylation sites (tertiary alicyclic amines) is 1. The summed E-state index contributed by atoms with van der Waals surface area (Å²) in [4.78, 5) is 29.0. The van der Waals surface area contributed by atoms with Crippen LogP contribution in [0.3, 0.4) is 0 Å². The Morgan fingerprint density at radius 2 is 1.92 bits per heavy atom. The first kappa shape index (κ1) is 18.0.